The Labute approximate surface area is 149 Å². The van der Waals surface area contributed by atoms with Crippen molar-refractivity contribution in [2.75, 3.05) is 11.9 Å². The maximum absolute atomic E-state index is 12.5. The van der Waals surface area contributed by atoms with Crippen LogP contribution in [0, 0.1) is 6.92 Å². The standard InChI is InChI=1S/C19H16ClNO4/c1-3-24-16-7-5-4-6-14(16)21-19(23)18-10-15(22)12-9-13(20)11(2)8-17(12)25-18/h4-10H,3H2,1-2H3,(H,21,23). The molecule has 3 aromatic rings. The van der Waals surface area contributed by atoms with Crippen LogP contribution >= 0.6 is 11.6 Å². The number of rotatable bonds is 4. The van der Waals surface area contributed by atoms with Gasteiger partial charge in [0.2, 0.25) is 0 Å². The van der Waals surface area contributed by atoms with Gasteiger partial charge in [0.25, 0.3) is 5.91 Å². The van der Waals surface area contributed by atoms with Gasteiger partial charge in [0.15, 0.2) is 11.2 Å². The quantitative estimate of drug-likeness (QED) is 0.751. The van der Waals surface area contributed by atoms with Gasteiger partial charge in [-0.25, -0.2) is 0 Å². The van der Waals surface area contributed by atoms with Gasteiger partial charge < -0.3 is 14.5 Å². The number of aryl methyl sites for hydroxylation is 1. The molecule has 25 heavy (non-hydrogen) atoms. The second-order valence-corrected chi connectivity index (χ2v) is 5.86. The lowest BCUT2D eigenvalue weighted by molar-refractivity contribution is 0.0996. The molecular weight excluding hydrogens is 342 g/mol. The molecule has 0 aliphatic rings. The van der Waals surface area contributed by atoms with Crippen LogP contribution in [0.3, 0.4) is 0 Å². The molecule has 0 radical (unpaired) electrons. The molecule has 0 fully saturated rings. The smallest absolute Gasteiger partial charge is 0.291 e. The van der Waals surface area contributed by atoms with Crippen LogP contribution in [-0.4, -0.2) is 12.5 Å². The third-order valence-electron chi connectivity index (χ3n) is 3.67. The molecule has 3 rings (SSSR count). The van der Waals surface area contributed by atoms with Crippen molar-refractivity contribution < 1.29 is 13.9 Å². The Bertz CT molecular complexity index is 1010. The predicted octanol–water partition coefficient (Wildman–Crippen LogP) is 4.41. The van der Waals surface area contributed by atoms with E-state index in [1.807, 2.05) is 13.0 Å². The molecule has 1 heterocycles. The number of carbonyl (C=O) groups excluding carboxylic acids is 1. The van der Waals surface area contributed by atoms with Crippen molar-refractivity contribution in [3.05, 3.63) is 69.0 Å². The molecule has 2 aromatic carbocycles. The van der Waals surface area contributed by atoms with E-state index in [9.17, 15) is 9.59 Å². The second-order valence-electron chi connectivity index (χ2n) is 5.46. The highest BCUT2D eigenvalue weighted by molar-refractivity contribution is 6.32. The molecule has 0 saturated carbocycles. The summed E-state index contributed by atoms with van der Waals surface area (Å²) in [4.78, 5) is 24.8. The SMILES string of the molecule is CCOc1ccccc1NC(=O)c1cc(=O)c2cc(Cl)c(C)cc2o1. The number of carbonyl (C=O) groups is 1. The van der Waals surface area contributed by atoms with E-state index in [0.717, 1.165) is 11.6 Å². The van der Waals surface area contributed by atoms with Crippen molar-refractivity contribution in [2.45, 2.75) is 13.8 Å². The number of anilines is 1. The molecular formula is C19H16ClNO4. The Morgan fingerprint density at radius 2 is 2.00 bits per heavy atom. The van der Waals surface area contributed by atoms with Gasteiger partial charge in [0.05, 0.1) is 17.7 Å². The lowest BCUT2D eigenvalue weighted by Gasteiger charge is -2.11. The molecule has 5 nitrogen and oxygen atoms in total. The number of benzene rings is 2. The lowest BCUT2D eigenvalue weighted by atomic mass is 10.1. The average molecular weight is 358 g/mol. The Kier molecular flexibility index (Phi) is 4.76. The van der Waals surface area contributed by atoms with E-state index < -0.39 is 5.91 Å². The first kappa shape index (κ1) is 17.0. The third-order valence-corrected chi connectivity index (χ3v) is 4.07. The summed E-state index contributed by atoms with van der Waals surface area (Å²) in [5.41, 5.74) is 1.25. The summed E-state index contributed by atoms with van der Waals surface area (Å²) in [6, 6.07) is 11.4. The van der Waals surface area contributed by atoms with E-state index in [2.05, 4.69) is 5.32 Å². The maximum Gasteiger partial charge on any atom is 0.291 e. The highest BCUT2D eigenvalue weighted by atomic mass is 35.5. The van der Waals surface area contributed by atoms with Crippen molar-refractivity contribution in [3.8, 4) is 5.75 Å². The number of hydrogen-bond donors (Lipinski definition) is 1. The van der Waals surface area contributed by atoms with E-state index in [0.29, 0.717) is 34.0 Å². The minimum absolute atomic E-state index is 0.0782. The monoisotopic (exact) mass is 357 g/mol. The molecule has 1 N–H and O–H groups in total. The first-order valence-electron chi connectivity index (χ1n) is 7.76. The van der Waals surface area contributed by atoms with Crippen molar-refractivity contribution in [3.63, 3.8) is 0 Å². The van der Waals surface area contributed by atoms with Gasteiger partial charge in [0, 0.05) is 11.1 Å². The molecule has 0 atom stereocenters. The lowest BCUT2D eigenvalue weighted by Crippen LogP contribution is -2.15. The van der Waals surface area contributed by atoms with Crippen LogP contribution in [0.2, 0.25) is 5.02 Å². The summed E-state index contributed by atoms with van der Waals surface area (Å²) >= 11 is 6.04. The highest BCUT2D eigenvalue weighted by Crippen LogP contribution is 2.25. The Morgan fingerprint density at radius 3 is 2.76 bits per heavy atom. The Balaban J connectivity index is 1.98. The van der Waals surface area contributed by atoms with Gasteiger partial charge in [-0.05, 0) is 43.7 Å². The van der Waals surface area contributed by atoms with Crippen molar-refractivity contribution in [1.82, 2.24) is 0 Å². The van der Waals surface area contributed by atoms with Crippen LogP contribution < -0.4 is 15.5 Å². The molecule has 0 spiro atoms. The largest absolute Gasteiger partial charge is 0.492 e. The number of para-hydroxylation sites is 2. The maximum atomic E-state index is 12.5. The molecule has 0 aliphatic heterocycles. The fourth-order valence-corrected chi connectivity index (χ4v) is 2.59. The fourth-order valence-electron chi connectivity index (χ4n) is 2.42. The van der Waals surface area contributed by atoms with Crippen LogP contribution in [0.5, 0.6) is 5.75 Å². The van der Waals surface area contributed by atoms with Gasteiger partial charge in [-0.2, -0.15) is 0 Å². The number of hydrogen-bond acceptors (Lipinski definition) is 4. The number of amides is 1. The predicted molar refractivity (Wildman–Crippen MR) is 97.8 cm³/mol. The molecule has 1 amide bonds. The van der Waals surface area contributed by atoms with E-state index in [1.54, 1.807) is 37.3 Å². The van der Waals surface area contributed by atoms with E-state index in [-0.39, 0.29) is 11.2 Å². The second kappa shape index (κ2) is 6.99. The molecule has 0 bridgehead atoms. The van der Waals surface area contributed by atoms with Crippen molar-refractivity contribution >= 4 is 34.2 Å². The molecule has 0 unspecified atom stereocenters. The van der Waals surface area contributed by atoms with E-state index >= 15 is 0 Å². The Hall–Kier alpha value is -2.79. The van der Waals surface area contributed by atoms with E-state index in [1.165, 1.54) is 0 Å². The van der Waals surface area contributed by atoms with Crippen LogP contribution in [0.1, 0.15) is 23.0 Å². The van der Waals surface area contributed by atoms with Crippen LogP contribution in [0.25, 0.3) is 11.0 Å². The van der Waals surface area contributed by atoms with Crippen LogP contribution in [0.4, 0.5) is 5.69 Å². The minimum atomic E-state index is -0.529. The van der Waals surface area contributed by atoms with Crippen molar-refractivity contribution in [2.24, 2.45) is 0 Å². The topological polar surface area (TPSA) is 68.5 Å². The zero-order valence-corrected chi connectivity index (χ0v) is 14.5. The zero-order valence-electron chi connectivity index (χ0n) is 13.8. The first-order chi connectivity index (χ1) is 12.0. The molecule has 1 aromatic heterocycles. The van der Waals surface area contributed by atoms with E-state index in [4.69, 9.17) is 20.8 Å². The molecule has 0 saturated heterocycles. The summed E-state index contributed by atoms with van der Waals surface area (Å²) in [5.74, 6) is -0.0617. The van der Waals surface area contributed by atoms with Crippen molar-refractivity contribution in [1.29, 1.82) is 0 Å². The number of nitrogens with one attached hydrogen (secondary N) is 1. The minimum Gasteiger partial charge on any atom is -0.492 e. The molecule has 128 valence electrons. The van der Waals surface area contributed by atoms with Gasteiger partial charge in [-0.1, -0.05) is 23.7 Å². The Morgan fingerprint density at radius 1 is 1.24 bits per heavy atom. The van der Waals surface area contributed by atoms with Gasteiger partial charge >= 0.3 is 0 Å². The normalized spacial score (nSPS) is 10.7. The number of ether oxygens (including phenoxy) is 1. The number of fused-ring (bicyclic) bond motifs is 1. The summed E-state index contributed by atoms with van der Waals surface area (Å²) in [6.07, 6.45) is 0. The van der Waals surface area contributed by atoms with Gasteiger partial charge in [-0.3, -0.25) is 9.59 Å². The summed E-state index contributed by atoms with van der Waals surface area (Å²) in [5, 5.41) is 3.52. The van der Waals surface area contributed by atoms with Gasteiger partial charge in [0.1, 0.15) is 11.3 Å². The van der Waals surface area contributed by atoms with Crippen LogP contribution in [0.15, 0.2) is 51.7 Å². The summed E-state index contributed by atoms with van der Waals surface area (Å²) in [7, 11) is 0. The third kappa shape index (κ3) is 3.51. The molecule has 0 aliphatic carbocycles. The highest BCUT2D eigenvalue weighted by Gasteiger charge is 2.15. The first-order valence-corrected chi connectivity index (χ1v) is 8.14. The van der Waals surface area contributed by atoms with Crippen LogP contribution in [-0.2, 0) is 0 Å². The molecule has 6 heteroatoms. The summed E-state index contributed by atoms with van der Waals surface area (Å²) in [6.45, 7) is 4.12. The van der Waals surface area contributed by atoms with Gasteiger partial charge in [-0.15, -0.1) is 0 Å². The summed E-state index contributed by atoms with van der Waals surface area (Å²) < 4.78 is 11.1. The fraction of sp³-hybridized carbons (Fsp3) is 0.158. The zero-order chi connectivity index (χ0) is 18.0. The average Bonchev–Trinajstić information content (AvgIpc) is 2.58. The number of halogens is 1.